The summed E-state index contributed by atoms with van der Waals surface area (Å²) in [6, 6.07) is 50.4. The highest BCUT2D eigenvalue weighted by atomic mass is 32.1. The minimum Gasteiger partial charge on any atom is -0.455 e. The first kappa shape index (κ1) is 26.7. The lowest BCUT2D eigenvalue weighted by Crippen LogP contribution is -2.14. The zero-order chi connectivity index (χ0) is 31.3. The van der Waals surface area contributed by atoms with Gasteiger partial charge in [0.2, 0.25) is 0 Å². The average Bonchev–Trinajstić information content (AvgIpc) is 3.76. The number of thiophene rings is 1. The molecule has 222 valence electrons. The molecule has 0 saturated heterocycles. The van der Waals surface area contributed by atoms with Crippen LogP contribution in [0.3, 0.4) is 0 Å². The van der Waals surface area contributed by atoms with Gasteiger partial charge >= 0.3 is 0 Å². The summed E-state index contributed by atoms with van der Waals surface area (Å²) in [4.78, 5) is 6.26. The molecule has 1 aliphatic carbocycles. The van der Waals surface area contributed by atoms with E-state index in [0.717, 1.165) is 38.0 Å². The third-order valence-corrected chi connectivity index (χ3v) is 11.3. The number of hydrogen-bond acceptors (Lipinski definition) is 3. The van der Waals surface area contributed by atoms with E-state index in [-0.39, 0.29) is 5.41 Å². The molecule has 0 fully saturated rings. The first-order chi connectivity index (χ1) is 23.0. The predicted octanol–water partition coefficient (Wildman–Crippen LogP) is 12.7. The second-order valence-electron chi connectivity index (χ2n) is 13.1. The van der Waals surface area contributed by atoms with Crippen molar-refractivity contribution in [3.8, 4) is 44.6 Å². The van der Waals surface area contributed by atoms with Gasteiger partial charge < -0.3 is 4.42 Å². The summed E-state index contributed by atoms with van der Waals surface area (Å²) >= 11 is 1.77. The van der Waals surface area contributed by atoms with Gasteiger partial charge in [0, 0.05) is 37.2 Å². The van der Waals surface area contributed by atoms with Gasteiger partial charge in [-0.3, -0.25) is 0 Å². The molecule has 0 spiro atoms. The van der Waals surface area contributed by atoms with Crippen molar-refractivity contribution >= 4 is 53.6 Å². The molecule has 0 bridgehead atoms. The van der Waals surface area contributed by atoms with E-state index in [1.54, 1.807) is 11.3 Å². The number of pyridine rings is 1. The Bertz CT molecular complexity index is 2730. The van der Waals surface area contributed by atoms with Gasteiger partial charge in [0.05, 0.1) is 5.69 Å². The zero-order valence-corrected chi connectivity index (χ0v) is 26.9. The fourth-order valence-electron chi connectivity index (χ4n) is 7.76. The molecule has 0 unspecified atom stereocenters. The highest BCUT2D eigenvalue weighted by Gasteiger charge is 2.35. The normalized spacial score (nSPS) is 13.5. The maximum absolute atomic E-state index is 6.35. The van der Waals surface area contributed by atoms with Gasteiger partial charge in [-0.25, -0.2) is 4.98 Å². The van der Waals surface area contributed by atoms with Crippen LogP contribution in [-0.4, -0.2) is 4.98 Å². The van der Waals surface area contributed by atoms with E-state index >= 15 is 0 Å². The fraction of sp³-hybridized carbons (Fsp3) is 0.0682. The number of nitrogens with zero attached hydrogens (tertiary/aromatic N) is 1. The molecule has 0 radical (unpaired) electrons. The van der Waals surface area contributed by atoms with Crippen LogP contribution in [0.15, 0.2) is 144 Å². The summed E-state index contributed by atoms with van der Waals surface area (Å²) in [5.41, 5.74) is 14.2. The van der Waals surface area contributed by atoms with E-state index in [9.17, 15) is 0 Å². The van der Waals surface area contributed by atoms with Gasteiger partial charge in [0.25, 0.3) is 0 Å². The second kappa shape index (κ2) is 9.75. The fourth-order valence-corrected chi connectivity index (χ4v) is 8.96. The molecule has 0 saturated carbocycles. The molecule has 6 aromatic carbocycles. The Kier molecular flexibility index (Phi) is 5.53. The summed E-state index contributed by atoms with van der Waals surface area (Å²) in [6.07, 6.45) is 0. The molecular weight excluding hydrogens is 591 g/mol. The molecule has 0 atom stereocenters. The van der Waals surface area contributed by atoms with Crippen LogP contribution in [0.25, 0.3) is 86.9 Å². The summed E-state index contributed by atoms with van der Waals surface area (Å²) in [5, 5.41) is 4.68. The molecule has 0 amide bonds. The van der Waals surface area contributed by atoms with Crippen molar-refractivity contribution in [2.75, 3.05) is 0 Å². The molecule has 10 rings (SSSR count). The molecule has 3 heterocycles. The van der Waals surface area contributed by atoms with Crippen molar-refractivity contribution < 1.29 is 4.42 Å². The van der Waals surface area contributed by atoms with Crippen molar-refractivity contribution in [3.05, 3.63) is 151 Å². The standard InChI is InChI=1S/C44H29NOS/c1-44(2)37-18-5-3-12-30(37)31-21-20-27(25-38(31)44)26-10-7-11-28(24-26)29-14-8-16-34-35-22-23-39(45-43(35)47-42(29)34)36-17-9-15-33-32-13-4-6-19-40(32)46-41(33)36/h3-25H,1-2H3. The van der Waals surface area contributed by atoms with Crippen LogP contribution in [-0.2, 0) is 5.41 Å². The first-order valence-corrected chi connectivity index (χ1v) is 16.9. The summed E-state index contributed by atoms with van der Waals surface area (Å²) in [7, 11) is 0. The third-order valence-electron chi connectivity index (χ3n) is 10.1. The monoisotopic (exact) mass is 619 g/mol. The predicted molar refractivity (Wildman–Crippen MR) is 198 cm³/mol. The van der Waals surface area contributed by atoms with Gasteiger partial charge in [0.1, 0.15) is 16.0 Å². The van der Waals surface area contributed by atoms with Crippen molar-refractivity contribution in [1.82, 2.24) is 4.98 Å². The smallest absolute Gasteiger partial charge is 0.144 e. The van der Waals surface area contributed by atoms with E-state index in [2.05, 4.69) is 141 Å². The van der Waals surface area contributed by atoms with Crippen molar-refractivity contribution in [3.63, 3.8) is 0 Å². The SMILES string of the molecule is CC1(C)c2ccccc2-c2ccc(-c3cccc(-c4cccc5c4sc4nc(-c6cccc7c6oc6ccccc67)ccc45)c3)cc21. The van der Waals surface area contributed by atoms with Crippen LogP contribution in [0.5, 0.6) is 0 Å². The summed E-state index contributed by atoms with van der Waals surface area (Å²) in [5.74, 6) is 0. The minimum absolute atomic E-state index is 0.0238. The van der Waals surface area contributed by atoms with Crippen LogP contribution in [0.4, 0.5) is 0 Å². The Balaban J connectivity index is 1.07. The lowest BCUT2D eigenvalue weighted by molar-refractivity contribution is 0.660. The van der Waals surface area contributed by atoms with Gasteiger partial charge in [-0.1, -0.05) is 117 Å². The molecule has 0 N–H and O–H groups in total. The van der Waals surface area contributed by atoms with Gasteiger partial charge in [-0.2, -0.15) is 0 Å². The van der Waals surface area contributed by atoms with E-state index in [1.807, 2.05) is 12.1 Å². The van der Waals surface area contributed by atoms with E-state index < -0.39 is 0 Å². The van der Waals surface area contributed by atoms with Crippen LogP contribution in [0.1, 0.15) is 25.0 Å². The quantitative estimate of drug-likeness (QED) is 0.197. The minimum atomic E-state index is -0.0238. The topological polar surface area (TPSA) is 26.0 Å². The molecular formula is C44H29NOS. The molecule has 9 aromatic rings. The Morgan fingerprint density at radius 3 is 2.15 bits per heavy atom. The number of rotatable bonds is 3. The lowest BCUT2D eigenvalue weighted by Gasteiger charge is -2.22. The Morgan fingerprint density at radius 1 is 0.511 bits per heavy atom. The van der Waals surface area contributed by atoms with Crippen molar-refractivity contribution in [2.45, 2.75) is 19.3 Å². The van der Waals surface area contributed by atoms with Crippen LogP contribution < -0.4 is 0 Å². The maximum Gasteiger partial charge on any atom is 0.144 e. The summed E-state index contributed by atoms with van der Waals surface area (Å²) in [6.45, 7) is 4.69. The Morgan fingerprint density at radius 2 is 1.21 bits per heavy atom. The highest BCUT2D eigenvalue weighted by molar-refractivity contribution is 7.26. The van der Waals surface area contributed by atoms with Gasteiger partial charge in [0.15, 0.2) is 0 Å². The number of para-hydroxylation sites is 2. The highest BCUT2D eigenvalue weighted by Crippen LogP contribution is 2.50. The maximum atomic E-state index is 6.35. The zero-order valence-electron chi connectivity index (χ0n) is 26.0. The number of benzene rings is 6. The van der Waals surface area contributed by atoms with Crippen molar-refractivity contribution in [2.24, 2.45) is 0 Å². The number of hydrogen-bond donors (Lipinski definition) is 0. The van der Waals surface area contributed by atoms with Crippen LogP contribution in [0.2, 0.25) is 0 Å². The number of furan rings is 1. The first-order valence-electron chi connectivity index (χ1n) is 16.1. The largest absolute Gasteiger partial charge is 0.455 e. The van der Waals surface area contributed by atoms with E-state index in [0.29, 0.717) is 0 Å². The Hall–Kier alpha value is -5.51. The molecule has 0 aliphatic heterocycles. The second-order valence-corrected chi connectivity index (χ2v) is 14.1. The van der Waals surface area contributed by atoms with E-state index in [1.165, 1.54) is 60.0 Å². The molecule has 3 heteroatoms. The molecule has 2 nitrogen and oxygen atoms in total. The lowest BCUT2D eigenvalue weighted by atomic mass is 9.81. The van der Waals surface area contributed by atoms with E-state index in [4.69, 9.17) is 9.40 Å². The van der Waals surface area contributed by atoms with Crippen molar-refractivity contribution in [1.29, 1.82) is 0 Å². The Labute approximate surface area is 276 Å². The van der Waals surface area contributed by atoms with Crippen LogP contribution in [0, 0.1) is 0 Å². The number of fused-ring (bicyclic) bond motifs is 9. The summed E-state index contributed by atoms with van der Waals surface area (Å²) < 4.78 is 7.61. The molecule has 3 aromatic heterocycles. The van der Waals surface area contributed by atoms with Gasteiger partial charge in [-0.05, 0) is 80.9 Å². The molecule has 1 aliphatic rings. The average molecular weight is 620 g/mol. The third kappa shape index (κ3) is 3.87. The number of aromatic nitrogens is 1. The molecule has 47 heavy (non-hydrogen) atoms. The van der Waals surface area contributed by atoms with Crippen LogP contribution >= 0.6 is 11.3 Å². The van der Waals surface area contributed by atoms with Gasteiger partial charge in [-0.15, -0.1) is 11.3 Å².